The lowest BCUT2D eigenvalue weighted by atomic mass is 10.1. The number of fused-ring (bicyclic) bond motifs is 1. The number of carbonyl (C=O) groups excluding carboxylic acids is 1. The van der Waals surface area contributed by atoms with E-state index < -0.39 is 5.91 Å². The van der Waals surface area contributed by atoms with Gasteiger partial charge in [-0.1, -0.05) is 29.3 Å². The first-order chi connectivity index (χ1) is 12.1. The molecule has 0 saturated carbocycles. The van der Waals surface area contributed by atoms with Crippen molar-refractivity contribution < 1.29 is 14.3 Å². The number of aromatic nitrogens is 2. The van der Waals surface area contributed by atoms with Gasteiger partial charge in [-0.25, -0.2) is 0 Å². The molecule has 1 aromatic heterocycles. The van der Waals surface area contributed by atoms with Gasteiger partial charge in [-0.05, 0) is 36.4 Å². The Morgan fingerprint density at radius 3 is 2.64 bits per heavy atom. The lowest BCUT2D eigenvalue weighted by molar-refractivity contribution is 0.102. The van der Waals surface area contributed by atoms with E-state index in [1.807, 2.05) is 12.1 Å². The van der Waals surface area contributed by atoms with Crippen LogP contribution in [-0.4, -0.2) is 22.9 Å². The second kappa shape index (κ2) is 6.31. The minimum absolute atomic E-state index is 0.200. The van der Waals surface area contributed by atoms with E-state index in [9.17, 15) is 4.79 Å². The molecule has 126 valence electrons. The highest BCUT2D eigenvalue weighted by atomic mass is 35.5. The molecule has 0 radical (unpaired) electrons. The van der Waals surface area contributed by atoms with Gasteiger partial charge < -0.3 is 14.8 Å². The van der Waals surface area contributed by atoms with Crippen molar-refractivity contribution in [2.45, 2.75) is 0 Å². The third-order valence-corrected chi connectivity index (χ3v) is 4.32. The maximum Gasteiger partial charge on any atom is 0.273 e. The van der Waals surface area contributed by atoms with Crippen LogP contribution in [0.1, 0.15) is 10.5 Å². The lowest BCUT2D eigenvalue weighted by Gasteiger charge is -2.07. The molecule has 0 unspecified atom stereocenters. The summed E-state index contributed by atoms with van der Waals surface area (Å²) in [5.41, 5.74) is 2.04. The molecule has 8 heteroatoms. The summed E-state index contributed by atoms with van der Waals surface area (Å²) in [4.78, 5) is 12.4. The number of halogens is 2. The van der Waals surface area contributed by atoms with Gasteiger partial charge in [0, 0.05) is 5.56 Å². The van der Waals surface area contributed by atoms with Crippen molar-refractivity contribution in [3.05, 3.63) is 58.2 Å². The number of aromatic amines is 1. The Balaban J connectivity index is 1.58. The second-order valence-electron chi connectivity index (χ2n) is 5.29. The molecule has 1 aliphatic rings. The molecule has 0 spiro atoms. The standard InChI is InChI=1S/C17H11Cl2N3O3/c18-10-2-1-3-11(19)16(10)20-17(23)13-7-12(21-22-13)9-4-5-14-15(6-9)25-8-24-14/h1-7H,8H2,(H,20,23)(H,21,22). The van der Waals surface area contributed by atoms with E-state index in [2.05, 4.69) is 15.5 Å². The summed E-state index contributed by atoms with van der Waals surface area (Å²) in [6, 6.07) is 12.1. The predicted molar refractivity (Wildman–Crippen MR) is 94.6 cm³/mol. The SMILES string of the molecule is O=C(Nc1c(Cl)cccc1Cl)c1cc(-c2ccc3c(c2)OCO3)n[nH]1. The monoisotopic (exact) mass is 375 g/mol. The number of para-hydroxylation sites is 1. The van der Waals surface area contributed by atoms with Gasteiger partial charge in [0.05, 0.1) is 21.4 Å². The first-order valence-corrected chi connectivity index (χ1v) is 8.08. The van der Waals surface area contributed by atoms with Crippen molar-refractivity contribution in [2.24, 2.45) is 0 Å². The van der Waals surface area contributed by atoms with Crippen LogP contribution in [-0.2, 0) is 0 Å². The van der Waals surface area contributed by atoms with Crippen molar-refractivity contribution >= 4 is 34.8 Å². The van der Waals surface area contributed by atoms with E-state index in [1.54, 1.807) is 30.3 Å². The van der Waals surface area contributed by atoms with Crippen LogP contribution in [0.15, 0.2) is 42.5 Å². The highest BCUT2D eigenvalue weighted by molar-refractivity contribution is 6.40. The fourth-order valence-corrected chi connectivity index (χ4v) is 2.93. The first kappa shape index (κ1) is 15.8. The third kappa shape index (κ3) is 3.01. The number of nitrogens with zero attached hydrogens (tertiary/aromatic N) is 1. The molecule has 0 saturated heterocycles. The van der Waals surface area contributed by atoms with Gasteiger partial charge >= 0.3 is 0 Å². The number of hydrogen-bond acceptors (Lipinski definition) is 4. The van der Waals surface area contributed by atoms with Crippen LogP contribution in [0.25, 0.3) is 11.3 Å². The van der Waals surface area contributed by atoms with Crippen LogP contribution >= 0.6 is 23.2 Å². The van der Waals surface area contributed by atoms with Crippen molar-refractivity contribution in [1.29, 1.82) is 0 Å². The minimum Gasteiger partial charge on any atom is -0.454 e. The van der Waals surface area contributed by atoms with Crippen molar-refractivity contribution in [3.8, 4) is 22.8 Å². The highest BCUT2D eigenvalue weighted by Gasteiger charge is 2.17. The number of rotatable bonds is 3. The van der Waals surface area contributed by atoms with Gasteiger partial charge in [0.25, 0.3) is 5.91 Å². The molecular formula is C17H11Cl2N3O3. The number of anilines is 1. The van der Waals surface area contributed by atoms with Crippen LogP contribution in [0.2, 0.25) is 10.0 Å². The Bertz CT molecular complexity index is 951. The topological polar surface area (TPSA) is 76.2 Å². The minimum atomic E-state index is -0.394. The van der Waals surface area contributed by atoms with Crippen LogP contribution in [0.5, 0.6) is 11.5 Å². The molecule has 2 aromatic carbocycles. The summed E-state index contributed by atoms with van der Waals surface area (Å²) >= 11 is 12.1. The Labute approximate surface area is 152 Å². The number of benzene rings is 2. The van der Waals surface area contributed by atoms with E-state index in [0.29, 0.717) is 32.9 Å². The predicted octanol–water partition coefficient (Wildman–Crippen LogP) is 4.36. The average molecular weight is 376 g/mol. The average Bonchev–Trinajstić information content (AvgIpc) is 3.26. The fourth-order valence-electron chi connectivity index (χ4n) is 2.44. The summed E-state index contributed by atoms with van der Waals surface area (Å²) in [5.74, 6) is 0.939. The zero-order chi connectivity index (χ0) is 17.4. The summed E-state index contributed by atoms with van der Waals surface area (Å²) in [6.07, 6.45) is 0. The van der Waals surface area contributed by atoms with Crippen LogP contribution in [0, 0.1) is 0 Å². The maximum absolute atomic E-state index is 12.4. The molecule has 0 atom stereocenters. The van der Waals surface area contributed by atoms with E-state index in [1.165, 1.54) is 0 Å². The molecule has 6 nitrogen and oxygen atoms in total. The Hall–Kier alpha value is -2.70. The van der Waals surface area contributed by atoms with Crippen molar-refractivity contribution in [3.63, 3.8) is 0 Å². The molecule has 4 rings (SSSR count). The maximum atomic E-state index is 12.4. The molecule has 3 aromatic rings. The van der Waals surface area contributed by atoms with Crippen LogP contribution < -0.4 is 14.8 Å². The summed E-state index contributed by atoms with van der Waals surface area (Å²) in [6.45, 7) is 0.200. The van der Waals surface area contributed by atoms with E-state index in [0.717, 1.165) is 5.56 Å². The molecule has 0 aliphatic carbocycles. The largest absolute Gasteiger partial charge is 0.454 e. The molecule has 2 N–H and O–H groups in total. The van der Waals surface area contributed by atoms with Gasteiger partial charge in [-0.15, -0.1) is 0 Å². The molecule has 0 bridgehead atoms. The zero-order valence-corrected chi connectivity index (χ0v) is 14.2. The molecule has 0 fully saturated rings. The quantitative estimate of drug-likeness (QED) is 0.712. The number of nitrogens with one attached hydrogen (secondary N) is 2. The number of H-pyrrole nitrogens is 1. The summed E-state index contributed by atoms with van der Waals surface area (Å²) in [5, 5.41) is 10.3. The van der Waals surface area contributed by atoms with Gasteiger partial charge in [0.15, 0.2) is 11.5 Å². The molecular weight excluding hydrogens is 365 g/mol. The third-order valence-electron chi connectivity index (χ3n) is 3.69. The van der Waals surface area contributed by atoms with Crippen LogP contribution in [0.4, 0.5) is 5.69 Å². The van der Waals surface area contributed by atoms with Crippen LogP contribution in [0.3, 0.4) is 0 Å². The Kier molecular flexibility index (Phi) is 3.99. The summed E-state index contributed by atoms with van der Waals surface area (Å²) < 4.78 is 10.6. The first-order valence-electron chi connectivity index (χ1n) is 7.32. The van der Waals surface area contributed by atoms with E-state index in [-0.39, 0.29) is 12.5 Å². The van der Waals surface area contributed by atoms with E-state index >= 15 is 0 Å². The molecule has 2 heterocycles. The number of ether oxygens (including phenoxy) is 2. The Morgan fingerprint density at radius 2 is 1.84 bits per heavy atom. The van der Waals surface area contributed by atoms with Crippen molar-refractivity contribution in [2.75, 3.05) is 12.1 Å². The fraction of sp³-hybridized carbons (Fsp3) is 0.0588. The van der Waals surface area contributed by atoms with E-state index in [4.69, 9.17) is 32.7 Å². The number of amides is 1. The molecule has 1 amide bonds. The van der Waals surface area contributed by atoms with Gasteiger partial charge in [0.2, 0.25) is 6.79 Å². The lowest BCUT2D eigenvalue weighted by Crippen LogP contribution is -2.13. The van der Waals surface area contributed by atoms with Crippen molar-refractivity contribution in [1.82, 2.24) is 10.2 Å². The van der Waals surface area contributed by atoms with Gasteiger partial charge in [0.1, 0.15) is 5.69 Å². The Morgan fingerprint density at radius 1 is 1.08 bits per heavy atom. The highest BCUT2D eigenvalue weighted by Crippen LogP contribution is 2.35. The zero-order valence-electron chi connectivity index (χ0n) is 12.7. The normalized spacial score (nSPS) is 12.2. The number of hydrogen-bond donors (Lipinski definition) is 2. The smallest absolute Gasteiger partial charge is 0.273 e. The molecule has 25 heavy (non-hydrogen) atoms. The molecule has 1 aliphatic heterocycles. The second-order valence-corrected chi connectivity index (χ2v) is 6.10. The summed E-state index contributed by atoms with van der Waals surface area (Å²) in [7, 11) is 0. The van der Waals surface area contributed by atoms with Gasteiger partial charge in [-0.3, -0.25) is 9.89 Å². The number of carbonyl (C=O) groups is 1. The van der Waals surface area contributed by atoms with Gasteiger partial charge in [-0.2, -0.15) is 5.10 Å².